The van der Waals surface area contributed by atoms with Gasteiger partial charge in [0, 0.05) is 11.4 Å². The molecule has 1 aliphatic rings. The molecule has 0 aliphatic heterocycles. The van der Waals surface area contributed by atoms with Crippen LogP contribution in [0.25, 0.3) is 0 Å². The Kier molecular flexibility index (Phi) is 4.99. The van der Waals surface area contributed by atoms with Gasteiger partial charge in [-0.05, 0) is 30.0 Å². The Balaban J connectivity index is 1.95. The van der Waals surface area contributed by atoms with Crippen LogP contribution < -0.4 is 0 Å². The standard InChI is InChI=1S/C16H18ClNO/c17-14-8-6-13(7-9-14)15(11-18)16(19)10-5-12-3-1-2-4-12/h6-9,12,15H,1-5,10H2. The molecule has 0 bridgehead atoms. The molecule has 1 aromatic rings. The second-order valence-electron chi connectivity index (χ2n) is 5.27. The Hall–Kier alpha value is -1.33. The second kappa shape index (κ2) is 6.73. The number of hydrogen-bond acceptors (Lipinski definition) is 2. The van der Waals surface area contributed by atoms with E-state index in [0.29, 0.717) is 17.4 Å². The Bertz CT molecular complexity index is 469. The van der Waals surface area contributed by atoms with Crippen LogP contribution in [0.1, 0.15) is 50.0 Å². The molecular formula is C16H18ClNO. The van der Waals surface area contributed by atoms with Gasteiger partial charge in [-0.1, -0.05) is 49.4 Å². The van der Waals surface area contributed by atoms with Crippen LogP contribution >= 0.6 is 11.6 Å². The third kappa shape index (κ3) is 3.81. The van der Waals surface area contributed by atoms with E-state index in [4.69, 9.17) is 11.6 Å². The number of hydrogen-bond donors (Lipinski definition) is 0. The van der Waals surface area contributed by atoms with E-state index < -0.39 is 5.92 Å². The van der Waals surface area contributed by atoms with Crippen molar-refractivity contribution in [1.29, 1.82) is 5.26 Å². The van der Waals surface area contributed by atoms with Crippen LogP contribution in [0, 0.1) is 17.2 Å². The monoisotopic (exact) mass is 275 g/mol. The van der Waals surface area contributed by atoms with Crippen molar-refractivity contribution < 1.29 is 4.79 Å². The minimum atomic E-state index is -0.640. The quantitative estimate of drug-likeness (QED) is 0.794. The van der Waals surface area contributed by atoms with E-state index in [1.165, 1.54) is 25.7 Å². The average molecular weight is 276 g/mol. The molecule has 19 heavy (non-hydrogen) atoms. The summed E-state index contributed by atoms with van der Waals surface area (Å²) in [5.74, 6) is 0.0869. The molecule has 0 heterocycles. The maximum absolute atomic E-state index is 12.2. The van der Waals surface area contributed by atoms with Gasteiger partial charge in [0.15, 0.2) is 5.78 Å². The van der Waals surface area contributed by atoms with Crippen LogP contribution in [0.2, 0.25) is 5.02 Å². The lowest BCUT2D eigenvalue weighted by atomic mass is 9.91. The molecule has 2 nitrogen and oxygen atoms in total. The van der Waals surface area contributed by atoms with Crippen LogP contribution in [0.3, 0.4) is 0 Å². The van der Waals surface area contributed by atoms with E-state index in [1.807, 2.05) is 0 Å². The number of nitriles is 1. The van der Waals surface area contributed by atoms with Crippen molar-refractivity contribution in [1.82, 2.24) is 0 Å². The number of carbonyl (C=O) groups is 1. The van der Waals surface area contributed by atoms with E-state index in [0.717, 1.165) is 12.0 Å². The van der Waals surface area contributed by atoms with Gasteiger partial charge in [0.25, 0.3) is 0 Å². The zero-order valence-corrected chi connectivity index (χ0v) is 11.7. The highest BCUT2D eigenvalue weighted by atomic mass is 35.5. The van der Waals surface area contributed by atoms with Crippen LogP contribution in [-0.2, 0) is 4.79 Å². The number of carbonyl (C=O) groups excluding carboxylic acids is 1. The summed E-state index contributed by atoms with van der Waals surface area (Å²) in [6, 6.07) is 9.11. The van der Waals surface area contributed by atoms with Crippen molar-refractivity contribution in [2.75, 3.05) is 0 Å². The van der Waals surface area contributed by atoms with Gasteiger partial charge in [0.05, 0.1) is 6.07 Å². The summed E-state index contributed by atoms with van der Waals surface area (Å²) >= 11 is 5.82. The molecular weight excluding hydrogens is 258 g/mol. The third-order valence-electron chi connectivity index (χ3n) is 3.93. The number of rotatable bonds is 5. The zero-order chi connectivity index (χ0) is 13.7. The summed E-state index contributed by atoms with van der Waals surface area (Å²) in [5, 5.41) is 9.83. The molecule has 1 unspecified atom stereocenters. The molecule has 1 atom stereocenters. The Labute approximate surface area is 119 Å². The van der Waals surface area contributed by atoms with Gasteiger partial charge in [0.2, 0.25) is 0 Å². The summed E-state index contributed by atoms with van der Waals surface area (Å²) in [4.78, 5) is 12.2. The first-order chi connectivity index (χ1) is 9.20. The summed E-state index contributed by atoms with van der Waals surface area (Å²) in [7, 11) is 0. The van der Waals surface area contributed by atoms with Crippen molar-refractivity contribution in [2.24, 2.45) is 5.92 Å². The third-order valence-corrected chi connectivity index (χ3v) is 4.18. The van der Waals surface area contributed by atoms with Crippen LogP contribution in [0.5, 0.6) is 0 Å². The summed E-state index contributed by atoms with van der Waals surface area (Å²) < 4.78 is 0. The van der Waals surface area contributed by atoms with Gasteiger partial charge in [-0.15, -0.1) is 0 Å². The van der Waals surface area contributed by atoms with E-state index in [2.05, 4.69) is 6.07 Å². The van der Waals surface area contributed by atoms with E-state index in [9.17, 15) is 10.1 Å². The summed E-state index contributed by atoms with van der Waals surface area (Å²) in [5.41, 5.74) is 0.753. The fraction of sp³-hybridized carbons (Fsp3) is 0.500. The van der Waals surface area contributed by atoms with Gasteiger partial charge >= 0.3 is 0 Å². The molecule has 0 amide bonds. The highest BCUT2D eigenvalue weighted by Crippen LogP contribution is 2.30. The molecule has 100 valence electrons. The molecule has 1 aromatic carbocycles. The molecule has 0 aromatic heterocycles. The fourth-order valence-corrected chi connectivity index (χ4v) is 2.90. The van der Waals surface area contributed by atoms with E-state index in [1.54, 1.807) is 24.3 Å². The molecule has 0 spiro atoms. The lowest BCUT2D eigenvalue weighted by molar-refractivity contribution is -0.119. The minimum Gasteiger partial charge on any atom is -0.298 e. The first-order valence-electron chi connectivity index (χ1n) is 6.88. The normalized spacial score (nSPS) is 17.1. The number of halogens is 1. The topological polar surface area (TPSA) is 40.9 Å². The van der Waals surface area contributed by atoms with Gasteiger partial charge < -0.3 is 0 Å². The fourth-order valence-electron chi connectivity index (χ4n) is 2.78. The molecule has 0 radical (unpaired) electrons. The maximum atomic E-state index is 12.2. The SMILES string of the molecule is N#CC(C(=O)CCC1CCCC1)c1ccc(Cl)cc1. The van der Waals surface area contributed by atoms with Gasteiger partial charge in [-0.2, -0.15) is 5.26 Å². The first kappa shape index (κ1) is 14.1. The highest BCUT2D eigenvalue weighted by Gasteiger charge is 2.22. The average Bonchev–Trinajstić information content (AvgIpc) is 2.92. The van der Waals surface area contributed by atoms with Gasteiger partial charge in [-0.25, -0.2) is 0 Å². The smallest absolute Gasteiger partial charge is 0.154 e. The Morgan fingerprint density at radius 2 is 1.95 bits per heavy atom. The maximum Gasteiger partial charge on any atom is 0.154 e. The highest BCUT2D eigenvalue weighted by molar-refractivity contribution is 6.30. The lowest BCUT2D eigenvalue weighted by Crippen LogP contribution is -2.12. The van der Waals surface area contributed by atoms with Crippen LogP contribution in [0.15, 0.2) is 24.3 Å². The van der Waals surface area contributed by atoms with E-state index in [-0.39, 0.29) is 5.78 Å². The predicted molar refractivity (Wildman–Crippen MR) is 76.0 cm³/mol. The second-order valence-corrected chi connectivity index (χ2v) is 5.71. The molecule has 3 heteroatoms. The molecule has 2 rings (SSSR count). The van der Waals surface area contributed by atoms with E-state index >= 15 is 0 Å². The van der Waals surface area contributed by atoms with Crippen molar-refractivity contribution in [3.05, 3.63) is 34.9 Å². The van der Waals surface area contributed by atoms with Crippen molar-refractivity contribution in [3.63, 3.8) is 0 Å². The van der Waals surface area contributed by atoms with Gasteiger partial charge in [-0.3, -0.25) is 4.79 Å². The van der Waals surface area contributed by atoms with Crippen molar-refractivity contribution in [2.45, 2.75) is 44.4 Å². The molecule has 1 saturated carbocycles. The summed E-state index contributed by atoms with van der Waals surface area (Å²) in [6.45, 7) is 0. The number of Topliss-reactive ketones (excluding diaryl/α,β-unsaturated/α-hetero) is 1. The Morgan fingerprint density at radius 3 is 2.53 bits per heavy atom. The van der Waals surface area contributed by atoms with Crippen LogP contribution in [0.4, 0.5) is 0 Å². The van der Waals surface area contributed by atoms with Gasteiger partial charge in [0.1, 0.15) is 5.92 Å². The minimum absolute atomic E-state index is 0.0386. The molecule has 1 aliphatic carbocycles. The molecule has 0 saturated heterocycles. The number of ketones is 1. The predicted octanol–water partition coefficient (Wildman–Crippen LogP) is 4.49. The summed E-state index contributed by atoms with van der Waals surface area (Å²) in [6.07, 6.45) is 6.52. The van der Waals surface area contributed by atoms with Crippen LogP contribution in [-0.4, -0.2) is 5.78 Å². The van der Waals surface area contributed by atoms with Crippen molar-refractivity contribution in [3.8, 4) is 6.07 Å². The zero-order valence-electron chi connectivity index (χ0n) is 10.9. The molecule has 0 N–H and O–H groups in total. The largest absolute Gasteiger partial charge is 0.298 e. The lowest BCUT2D eigenvalue weighted by Gasteiger charge is -2.11. The molecule has 1 fully saturated rings. The Morgan fingerprint density at radius 1 is 1.32 bits per heavy atom. The number of benzene rings is 1. The number of nitrogens with zero attached hydrogens (tertiary/aromatic N) is 1. The van der Waals surface area contributed by atoms with Crippen molar-refractivity contribution >= 4 is 17.4 Å². The first-order valence-corrected chi connectivity index (χ1v) is 7.26.